The van der Waals surface area contributed by atoms with Gasteiger partial charge in [-0.1, -0.05) is 0 Å². The number of nitrogens with one attached hydrogen (secondary N) is 2. The van der Waals surface area contributed by atoms with Crippen LogP contribution in [0.1, 0.15) is 33.1 Å². The van der Waals surface area contributed by atoms with Crippen molar-refractivity contribution in [3.8, 4) is 0 Å². The fourth-order valence-electron chi connectivity index (χ4n) is 2.63. The molecule has 2 fully saturated rings. The van der Waals surface area contributed by atoms with Crippen LogP contribution < -0.4 is 10.6 Å². The lowest BCUT2D eigenvalue weighted by molar-refractivity contribution is 0.314. The van der Waals surface area contributed by atoms with E-state index < -0.39 is 0 Å². The van der Waals surface area contributed by atoms with Gasteiger partial charge in [-0.3, -0.25) is 4.99 Å². The highest BCUT2D eigenvalue weighted by molar-refractivity contribution is 14.0. The van der Waals surface area contributed by atoms with Crippen LogP contribution in [0.4, 0.5) is 0 Å². The number of likely N-dealkylation sites (tertiary alicyclic amines) is 1. The summed E-state index contributed by atoms with van der Waals surface area (Å²) in [5.41, 5.74) is 0. The third kappa shape index (κ3) is 6.52. The summed E-state index contributed by atoms with van der Waals surface area (Å²) in [6, 6.07) is 0.916. The Balaban J connectivity index is 0.00000220. The van der Waals surface area contributed by atoms with Crippen molar-refractivity contribution < 1.29 is 0 Å². The van der Waals surface area contributed by atoms with E-state index >= 15 is 0 Å². The molecule has 2 aliphatic rings. The summed E-state index contributed by atoms with van der Waals surface area (Å²) in [5, 5.41) is 6.93. The molecule has 2 N–H and O–H groups in total. The first-order valence-electron chi connectivity index (χ1n) is 7.78. The highest BCUT2D eigenvalue weighted by Gasteiger charge is 2.34. The minimum Gasteiger partial charge on any atom is -0.356 e. The first-order valence-corrected chi connectivity index (χ1v) is 9.00. The van der Waals surface area contributed by atoms with Crippen molar-refractivity contribution in [3.63, 3.8) is 0 Å². The molecule has 0 radical (unpaired) electrons. The number of rotatable bonds is 6. The normalized spacial score (nSPS) is 23.8. The second kappa shape index (κ2) is 8.82. The van der Waals surface area contributed by atoms with Crippen LogP contribution in [0, 0.1) is 5.92 Å². The highest BCUT2D eigenvalue weighted by atomic mass is 127. The van der Waals surface area contributed by atoms with Gasteiger partial charge in [-0.05, 0) is 51.8 Å². The predicted octanol–water partition coefficient (Wildman–Crippen LogP) is 2.40. The van der Waals surface area contributed by atoms with Crippen molar-refractivity contribution in [2.24, 2.45) is 10.9 Å². The lowest BCUT2D eigenvalue weighted by atomic mass is 10.1. The van der Waals surface area contributed by atoms with Crippen LogP contribution in [0.3, 0.4) is 0 Å². The van der Waals surface area contributed by atoms with Gasteiger partial charge in [0.2, 0.25) is 0 Å². The van der Waals surface area contributed by atoms with Crippen LogP contribution in [0.15, 0.2) is 4.99 Å². The lowest BCUT2D eigenvalue weighted by Crippen LogP contribution is -2.44. The molecule has 4 nitrogen and oxygen atoms in total. The third-order valence-corrected chi connectivity index (χ3v) is 5.65. The minimum atomic E-state index is 0. The molecule has 1 aliphatic heterocycles. The first kappa shape index (κ1) is 19.4. The minimum absolute atomic E-state index is 0. The summed E-state index contributed by atoms with van der Waals surface area (Å²) in [4.78, 5) is 6.99. The number of hydrogen-bond acceptors (Lipinski definition) is 3. The molecule has 0 aromatic carbocycles. The molecule has 124 valence electrons. The molecule has 1 unspecified atom stereocenters. The highest BCUT2D eigenvalue weighted by Crippen LogP contribution is 2.31. The molecule has 1 saturated heterocycles. The Morgan fingerprint density at radius 2 is 2.00 bits per heavy atom. The average Bonchev–Trinajstić information content (AvgIpc) is 3.18. The summed E-state index contributed by atoms with van der Waals surface area (Å²) in [6.07, 6.45) is 6.33. The number of halogens is 1. The SMILES string of the molecule is CN=C(NCC1CCN(C2CC2)C1)NCC(C)(C)SC.I. The lowest BCUT2D eigenvalue weighted by Gasteiger charge is -2.24. The van der Waals surface area contributed by atoms with Gasteiger partial charge >= 0.3 is 0 Å². The maximum absolute atomic E-state index is 4.32. The third-order valence-electron chi connectivity index (χ3n) is 4.40. The largest absolute Gasteiger partial charge is 0.356 e. The smallest absolute Gasteiger partial charge is 0.191 e. The Kier molecular flexibility index (Phi) is 8.13. The van der Waals surface area contributed by atoms with Crippen molar-refractivity contribution in [2.75, 3.05) is 39.5 Å². The molecule has 1 aliphatic carbocycles. The van der Waals surface area contributed by atoms with E-state index in [1.165, 1.54) is 32.4 Å². The summed E-state index contributed by atoms with van der Waals surface area (Å²) in [6.45, 7) is 9.05. The Morgan fingerprint density at radius 3 is 2.57 bits per heavy atom. The zero-order chi connectivity index (χ0) is 14.6. The van der Waals surface area contributed by atoms with Crippen LogP contribution in [-0.4, -0.2) is 61.1 Å². The Morgan fingerprint density at radius 1 is 1.29 bits per heavy atom. The molecule has 0 aromatic heterocycles. The number of guanidine groups is 1. The summed E-state index contributed by atoms with van der Waals surface area (Å²) < 4.78 is 0.244. The second-order valence-corrected chi connectivity index (χ2v) is 8.16. The second-order valence-electron chi connectivity index (χ2n) is 6.65. The van der Waals surface area contributed by atoms with Crippen molar-refractivity contribution in [1.82, 2.24) is 15.5 Å². The van der Waals surface area contributed by atoms with Crippen molar-refractivity contribution >= 4 is 41.7 Å². The van der Waals surface area contributed by atoms with Gasteiger partial charge in [0.15, 0.2) is 5.96 Å². The molecule has 0 spiro atoms. The van der Waals surface area contributed by atoms with E-state index in [1.54, 1.807) is 0 Å². The molecule has 1 saturated carbocycles. The predicted molar refractivity (Wildman–Crippen MR) is 105 cm³/mol. The Labute approximate surface area is 151 Å². The van der Waals surface area contributed by atoms with Gasteiger partial charge < -0.3 is 15.5 Å². The van der Waals surface area contributed by atoms with Gasteiger partial charge in [-0.25, -0.2) is 0 Å². The van der Waals surface area contributed by atoms with Crippen LogP contribution in [0.5, 0.6) is 0 Å². The molecular formula is C15H31IN4S. The molecule has 1 atom stereocenters. The molecule has 0 aromatic rings. The maximum atomic E-state index is 4.32. The molecule has 0 amide bonds. The number of nitrogens with zero attached hydrogens (tertiary/aromatic N) is 2. The van der Waals surface area contributed by atoms with Crippen LogP contribution in [0.25, 0.3) is 0 Å². The van der Waals surface area contributed by atoms with Crippen LogP contribution in [0.2, 0.25) is 0 Å². The van der Waals surface area contributed by atoms with E-state index in [-0.39, 0.29) is 28.7 Å². The monoisotopic (exact) mass is 426 g/mol. The van der Waals surface area contributed by atoms with E-state index in [0.717, 1.165) is 31.0 Å². The maximum Gasteiger partial charge on any atom is 0.191 e. The van der Waals surface area contributed by atoms with Crippen LogP contribution >= 0.6 is 35.7 Å². The van der Waals surface area contributed by atoms with E-state index in [9.17, 15) is 0 Å². The van der Waals surface area contributed by atoms with Gasteiger partial charge in [0.25, 0.3) is 0 Å². The Bertz CT molecular complexity index is 345. The van der Waals surface area contributed by atoms with Gasteiger partial charge in [-0.15, -0.1) is 24.0 Å². The summed E-state index contributed by atoms with van der Waals surface area (Å²) in [7, 11) is 1.85. The van der Waals surface area contributed by atoms with E-state index in [4.69, 9.17) is 0 Å². The van der Waals surface area contributed by atoms with E-state index in [1.807, 2.05) is 18.8 Å². The number of aliphatic imine (C=N–C) groups is 1. The molecule has 1 heterocycles. The topological polar surface area (TPSA) is 39.7 Å². The number of hydrogen-bond donors (Lipinski definition) is 2. The fourth-order valence-corrected chi connectivity index (χ4v) is 2.85. The summed E-state index contributed by atoms with van der Waals surface area (Å²) >= 11 is 1.88. The zero-order valence-electron chi connectivity index (χ0n) is 13.8. The van der Waals surface area contributed by atoms with E-state index in [2.05, 4.69) is 40.6 Å². The van der Waals surface area contributed by atoms with Gasteiger partial charge in [0.05, 0.1) is 0 Å². The quantitative estimate of drug-likeness (QED) is 0.389. The Hall–Kier alpha value is 0.310. The molecule has 2 rings (SSSR count). The first-order chi connectivity index (χ1) is 9.54. The van der Waals surface area contributed by atoms with Crippen LogP contribution in [-0.2, 0) is 0 Å². The average molecular weight is 426 g/mol. The zero-order valence-corrected chi connectivity index (χ0v) is 17.0. The van der Waals surface area contributed by atoms with Crippen molar-refractivity contribution in [3.05, 3.63) is 0 Å². The molecule has 21 heavy (non-hydrogen) atoms. The molecule has 0 bridgehead atoms. The van der Waals surface area contributed by atoms with Gasteiger partial charge in [0, 0.05) is 37.5 Å². The molecular weight excluding hydrogens is 395 g/mol. The number of thioether (sulfide) groups is 1. The van der Waals surface area contributed by atoms with Gasteiger partial charge in [0.1, 0.15) is 0 Å². The van der Waals surface area contributed by atoms with Crippen molar-refractivity contribution in [1.29, 1.82) is 0 Å². The molecule has 6 heteroatoms. The van der Waals surface area contributed by atoms with Crippen molar-refractivity contribution in [2.45, 2.75) is 43.9 Å². The van der Waals surface area contributed by atoms with Gasteiger partial charge in [-0.2, -0.15) is 11.8 Å². The summed E-state index contributed by atoms with van der Waals surface area (Å²) in [5.74, 6) is 1.72. The fraction of sp³-hybridized carbons (Fsp3) is 0.933. The van der Waals surface area contributed by atoms with E-state index in [0.29, 0.717) is 0 Å². The standard InChI is InChI=1S/C15H30N4S.HI/c1-15(2,20-4)11-18-14(16-3)17-9-12-7-8-19(10-12)13-5-6-13;/h12-13H,5-11H2,1-4H3,(H2,16,17,18);1H.